The minimum absolute atomic E-state index is 0.0417. The van der Waals surface area contributed by atoms with Crippen LogP contribution in [0.5, 0.6) is 5.75 Å². The van der Waals surface area contributed by atoms with Gasteiger partial charge in [0.2, 0.25) is 5.91 Å². The summed E-state index contributed by atoms with van der Waals surface area (Å²) in [7, 11) is 0. The lowest BCUT2D eigenvalue weighted by atomic mass is 10.1. The van der Waals surface area contributed by atoms with E-state index in [1.165, 1.54) is 0 Å². The van der Waals surface area contributed by atoms with Gasteiger partial charge < -0.3 is 15.4 Å². The molecule has 0 bridgehead atoms. The van der Waals surface area contributed by atoms with E-state index in [0.29, 0.717) is 48.1 Å². The summed E-state index contributed by atoms with van der Waals surface area (Å²) in [6.07, 6.45) is 2.07. The monoisotopic (exact) mass is 430 g/mol. The van der Waals surface area contributed by atoms with Crippen molar-refractivity contribution >= 4 is 23.2 Å². The lowest BCUT2D eigenvalue weighted by Gasteiger charge is -2.10. The zero-order chi connectivity index (χ0) is 22.8. The number of benzene rings is 3. The molecule has 0 saturated heterocycles. The maximum atomic E-state index is 12.6. The van der Waals surface area contributed by atoms with E-state index in [1.54, 1.807) is 36.4 Å². The second kappa shape index (κ2) is 11.7. The van der Waals surface area contributed by atoms with Crippen molar-refractivity contribution in [3.63, 3.8) is 0 Å². The molecule has 0 aromatic heterocycles. The van der Waals surface area contributed by atoms with Gasteiger partial charge in [-0.15, -0.1) is 0 Å². The maximum Gasteiger partial charge on any atom is 0.255 e. The van der Waals surface area contributed by atoms with Crippen LogP contribution in [0.15, 0.2) is 78.9 Å². The number of hydrogen-bond acceptors (Lipinski definition) is 3. The van der Waals surface area contributed by atoms with Gasteiger partial charge >= 0.3 is 0 Å². The normalized spacial score (nSPS) is 10.6. The quantitative estimate of drug-likeness (QED) is 0.419. The summed E-state index contributed by atoms with van der Waals surface area (Å²) >= 11 is 0. The molecule has 5 nitrogen and oxygen atoms in total. The highest BCUT2D eigenvalue weighted by molar-refractivity contribution is 6.04. The molecule has 166 valence electrons. The van der Waals surface area contributed by atoms with Crippen LogP contribution in [0.3, 0.4) is 0 Å². The maximum absolute atomic E-state index is 12.6. The van der Waals surface area contributed by atoms with E-state index in [9.17, 15) is 9.59 Å². The van der Waals surface area contributed by atoms with Gasteiger partial charge in [0.1, 0.15) is 5.75 Å². The first-order valence-corrected chi connectivity index (χ1v) is 11.0. The van der Waals surface area contributed by atoms with Crippen molar-refractivity contribution in [3.05, 3.63) is 90.0 Å². The molecule has 3 aromatic carbocycles. The Hall–Kier alpha value is -3.60. The third kappa shape index (κ3) is 7.58. The molecule has 0 fully saturated rings. The Balaban J connectivity index is 1.49. The zero-order valence-electron chi connectivity index (χ0n) is 18.6. The number of aryl methyl sites for hydroxylation is 1. The van der Waals surface area contributed by atoms with E-state index in [0.717, 1.165) is 12.0 Å². The molecular formula is C27H30N2O3. The molecule has 2 amide bonds. The second-order valence-corrected chi connectivity index (χ2v) is 8.12. The number of hydrogen-bond donors (Lipinski definition) is 2. The highest BCUT2D eigenvalue weighted by Gasteiger charge is 2.09. The molecular weight excluding hydrogens is 400 g/mol. The summed E-state index contributed by atoms with van der Waals surface area (Å²) in [6, 6.07) is 24.2. The first-order valence-electron chi connectivity index (χ1n) is 11.0. The van der Waals surface area contributed by atoms with Crippen molar-refractivity contribution in [2.45, 2.75) is 33.1 Å². The number of amides is 2. The van der Waals surface area contributed by atoms with Crippen LogP contribution in [0.25, 0.3) is 0 Å². The van der Waals surface area contributed by atoms with Crippen molar-refractivity contribution in [1.82, 2.24) is 0 Å². The van der Waals surface area contributed by atoms with E-state index in [1.807, 2.05) is 42.5 Å². The Morgan fingerprint density at radius 2 is 1.53 bits per heavy atom. The fourth-order valence-electron chi connectivity index (χ4n) is 3.11. The molecule has 0 atom stereocenters. The Morgan fingerprint density at radius 1 is 0.844 bits per heavy atom. The predicted octanol–water partition coefficient (Wildman–Crippen LogP) is 5.94. The molecule has 0 aliphatic rings. The molecule has 32 heavy (non-hydrogen) atoms. The summed E-state index contributed by atoms with van der Waals surface area (Å²) in [5.41, 5.74) is 3.02. The predicted molar refractivity (Wildman–Crippen MR) is 129 cm³/mol. The van der Waals surface area contributed by atoms with E-state index in [2.05, 4.69) is 24.5 Å². The number of anilines is 2. The number of carbonyl (C=O) groups excluding carboxylic acids is 2. The van der Waals surface area contributed by atoms with Gasteiger partial charge in [0.05, 0.1) is 6.61 Å². The zero-order valence-corrected chi connectivity index (χ0v) is 18.6. The lowest BCUT2D eigenvalue weighted by Crippen LogP contribution is -2.13. The summed E-state index contributed by atoms with van der Waals surface area (Å²) in [4.78, 5) is 24.8. The van der Waals surface area contributed by atoms with Crippen molar-refractivity contribution in [3.8, 4) is 5.75 Å². The van der Waals surface area contributed by atoms with E-state index < -0.39 is 0 Å². The van der Waals surface area contributed by atoms with Crippen LogP contribution >= 0.6 is 0 Å². The van der Waals surface area contributed by atoms with Crippen LogP contribution in [-0.4, -0.2) is 18.4 Å². The SMILES string of the molecule is CC(C)CCOc1cccc(C(=O)Nc2ccc(NC(=O)CCc3ccccc3)cc2)c1. The van der Waals surface area contributed by atoms with E-state index in [-0.39, 0.29) is 11.8 Å². The van der Waals surface area contributed by atoms with Gasteiger partial charge in [0.15, 0.2) is 0 Å². The highest BCUT2D eigenvalue weighted by atomic mass is 16.5. The second-order valence-electron chi connectivity index (χ2n) is 8.12. The minimum atomic E-state index is -0.209. The number of nitrogens with one attached hydrogen (secondary N) is 2. The summed E-state index contributed by atoms with van der Waals surface area (Å²) < 4.78 is 5.74. The third-order valence-electron chi connectivity index (χ3n) is 4.97. The number of rotatable bonds is 10. The molecule has 0 saturated carbocycles. The fourth-order valence-corrected chi connectivity index (χ4v) is 3.11. The molecule has 3 aromatic rings. The molecule has 5 heteroatoms. The molecule has 2 N–H and O–H groups in total. The van der Waals surface area contributed by atoms with Crippen LogP contribution in [0.1, 0.15) is 42.6 Å². The summed E-state index contributed by atoms with van der Waals surface area (Å²) in [6.45, 7) is 4.92. The van der Waals surface area contributed by atoms with Crippen molar-refractivity contribution < 1.29 is 14.3 Å². The first kappa shape index (κ1) is 23.1. The van der Waals surface area contributed by atoms with E-state index in [4.69, 9.17) is 4.74 Å². The molecule has 0 unspecified atom stereocenters. The van der Waals surface area contributed by atoms with Gasteiger partial charge in [0, 0.05) is 23.4 Å². The summed E-state index contributed by atoms with van der Waals surface area (Å²) in [5, 5.41) is 5.77. The van der Waals surface area contributed by atoms with Crippen LogP contribution in [-0.2, 0) is 11.2 Å². The fraction of sp³-hybridized carbons (Fsp3) is 0.259. The van der Waals surface area contributed by atoms with Gasteiger partial charge in [0.25, 0.3) is 5.91 Å². The standard InChI is InChI=1S/C27H30N2O3/c1-20(2)17-18-32-25-10-6-9-22(19-25)27(31)29-24-14-12-23(13-15-24)28-26(30)16-11-21-7-4-3-5-8-21/h3-10,12-15,19-20H,11,16-18H2,1-2H3,(H,28,30)(H,29,31). The van der Waals surface area contributed by atoms with Gasteiger partial charge in [-0.1, -0.05) is 50.2 Å². The van der Waals surface area contributed by atoms with Gasteiger partial charge in [-0.3, -0.25) is 9.59 Å². The summed E-state index contributed by atoms with van der Waals surface area (Å²) in [5.74, 6) is 1.00. The van der Waals surface area contributed by atoms with Crippen LogP contribution < -0.4 is 15.4 Å². The highest BCUT2D eigenvalue weighted by Crippen LogP contribution is 2.18. The average molecular weight is 431 g/mol. The molecule has 0 aliphatic heterocycles. The third-order valence-corrected chi connectivity index (χ3v) is 4.97. The van der Waals surface area contributed by atoms with E-state index >= 15 is 0 Å². The molecule has 3 rings (SSSR count). The topological polar surface area (TPSA) is 67.4 Å². The molecule has 0 aliphatic carbocycles. The first-order chi connectivity index (χ1) is 15.5. The largest absolute Gasteiger partial charge is 0.494 e. The Kier molecular flexibility index (Phi) is 8.44. The van der Waals surface area contributed by atoms with Gasteiger partial charge in [-0.25, -0.2) is 0 Å². The van der Waals surface area contributed by atoms with Crippen LogP contribution in [0.4, 0.5) is 11.4 Å². The van der Waals surface area contributed by atoms with Crippen molar-refractivity contribution in [2.24, 2.45) is 5.92 Å². The smallest absolute Gasteiger partial charge is 0.255 e. The lowest BCUT2D eigenvalue weighted by molar-refractivity contribution is -0.116. The Bertz CT molecular complexity index is 1010. The number of ether oxygens (including phenoxy) is 1. The Morgan fingerprint density at radius 3 is 2.22 bits per heavy atom. The van der Waals surface area contributed by atoms with Gasteiger partial charge in [-0.2, -0.15) is 0 Å². The van der Waals surface area contributed by atoms with Crippen molar-refractivity contribution in [1.29, 1.82) is 0 Å². The van der Waals surface area contributed by atoms with Gasteiger partial charge in [-0.05, 0) is 66.8 Å². The molecule has 0 radical (unpaired) electrons. The van der Waals surface area contributed by atoms with Crippen molar-refractivity contribution in [2.75, 3.05) is 17.2 Å². The Labute approximate surface area is 189 Å². The average Bonchev–Trinajstić information content (AvgIpc) is 2.80. The molecule has 0 spiro atoms. The van der Waals surface area contributed by atoms with Crippen LogP contribution in [0, 0.1) is 5.92 Å². The number of carbonyl (C=O) groups is 2. The molecule has 0 heterocycles. The minimum Gasteiger partial charge on any atom is -0.494 e. The van der Waals surface area contributed by atoms with Crippen LogP contribution in [0.2, 0.25) is 0 Å².